The van der Waals surface area contributed by atoms with Gasteiger partial charge in [0.05, 0.1) is 12.4 Å². The van der Waals surface area contributed by atoms with E-state index in [1.165, 1.54) is 37.9 Å². The predicted molar refractivity (Wildman–Crippen MR) is 181 cm³/mol. The standard InChI is InChI=1S/C37H39N3O3S.H2O/c1-26-8-17-31-34(24-26)44-37(28-11-13-29(14-12-28)42-23-22-39-19-4-5-20-39)35(31)36(41)27-9-15-30(16-10-27)43-33-7-3-2-6-32(33)40-21-18-38-25-40;/h8-18,21,24-25,32-33H,2-7,19-20,22-23H2,1H3;1H2. The van der Waals surface area contributed by atoms with Gasteiger partial charge in [-0.15, -0.1) is 11.3 Å². The molecule has 0 amide bonds. The first-order valence-corrected chi connectivity index (χ1v) is 16.7. The Kier molecular flexibility index (Phi) is 9.64. The Morgan fingerprint density at radius 2 is 1.69 bits per heavy atom. The minimum atomic E-state index is 0. The van der Waals surface area contributed by atoms with Gasteiger partial charge in [-0.2, -0.15) is 0 Å². The molecular weight excluding hydrogens is 582 g/mol. The normalized spacial score (nSPS) is 18.5. The molecule has 5 aromatic rings. The molecule has 2 unspecified atom stereocenters. The Labute approximate surface area is 268 Å². The molecule has 7 nitrogen and oxygen atoms in total. The fraction of sp³-hybridized carbons (Fsp3) is 0.351. The van der Waals surface area contributed by atoms with Gasteiger partial charge in [0.2, 0.25) is 0 Å². The lowest BCUT2D eigenvalue weighted by atomic mass is 9.92. The van der Waals surface area contributed by atoms with Gasteiger partial charge in [-0.1, -0.05) is 18.6 Å². The first kappa shape index (κ1) is 31.0. The second kappa shape index (κ2) is 14.0. The van der Waals surface area contributed by atoms with E-state index < -0.39 is 0 Å². The molecule has 45 heavy (non-hydrogen) atoms. The van der Waals surface area contributed by atoms with E-state index in [0.29, 0.717) is 12.2 Å². The number of likely N-dealkylation sites (tertiary alicyclic amines) is 1. The minimum Gasteiger partial charge on any atom is -0.492 e. The summed E-state index contributed by atoms with van der Waals surface area (Å²) >= 11 is 1.68. The number of carbonyl (C=O) groups is 1. The zero-order valence-electron chi connectivity index (χ0n) is 25.8. The summed E-state index contributed by atoms with van der Waals surface area (Å²) < 4.78 is 15.8. The maximum Gasteiger partial charge on any atom is 0.195 e. The highest BCUT2D eigenvalue weighted by Gasteiger charge is 2.28. The van der Waals surface area contributed by atoms with Gasteiger partial charge >= 0.3 is 0 Å². The van der Waals surface area contributed by atoms with Crippen molar-refractivity contribution in [2.45, 2.75) is 57.6 Å². The molecule has 8 heteroatoms. The lowest BCUT2D eigenvalue weighted by Gasteiger charge is -2.32. The van der Waals surface area contributed by atoms with E-state index in [1.54, 1.807) is 11.3 Å². The summed E-state index contributed by atoms with van der Waals surface area (Å²) in [5, 5.41) is 0.997. The molecule has 0 spiro atoms. The molecule has 1 saturated carbocycles. The molecule has 2 fully saturated rings. The zero-order chi connectivity index (χ0) is 29.9. The van der Waals surface area contributed by atoms with E-state index in [2.05, 4.69) is 51.7 Å². The molecule has 3 heterocycles. The molecule has 1 aliphatic heterocycles. The Hall–Kier alpha value is -3.98. The first-order valence-electron chi connectivity index (χ1n) is 15.9. The molecule has 1 saturated heterocycles. The molecule has 0 radical (unpaired) electrons. The summed E-state index contributed by atoms with van der Waals surface area (Å²) in [6.45, 7) is 6.10. The van der Waals surface area contributed by atoms with Crippen LogP contribution in [0.25, 0.3) is 20.5 Å². The highest BCUT2D eigenvalue weighted by atomic mass is 32.1. The number of aryl methyl sites for hydroxylation is 1. The summed E-state index contributed by atoms with van der Waals surface area (Å²) in [5.41, 5.74) is 3.63. The number of rotatable bonds is 10. The van der Waals surface area contributed by atoms with Crippen LogP contribution in [0.1, 0.15) is 66.1 Å². The molecule has 2 aliphatic rings. The zero-order valence-corrected chi connectivity index (χ0v) is 26.6. The van der Waals surface area contributed by atoms with E-state index in [4.69, 9.17) is 9.47 Å². The smallest absolute Gasteiger partial charge is 0.195 e. The highest BCUT2D eigenvalue weighted by molar-refractivity contribution is 7.22. The average molecular weight is 624 g/mol. The number of nitrogens with zero attached hydrogens (tertiary/aromatic N) is 3. The van der Waals surface area contributed by atoms with Crippen LogP contribution in [0.15, 0.2) is 85.5 Å². The molecule has 2 N–H and O–H groups in total. The summed E-state index contributed by atoms with van der Waals surface area (Å²) in [6, 6.07) is 22.5. The van der Waals surface area contributed by atoms with Crippen LogP contribution in [0.5, 0.6) is 11.5 Å². The van der Waals surface area contributed by atoms with Gasteiger partial charge in [0.1, 0.15) is 24.2 Å². The van der Waals surface area contributed by atoms with Crippen LogP contribution < -0.4 is 9.47 Å². The summed E-state index contributed by atoms with van der Waals surface area (Å²) in [5.74, 6) is 1.69. The number of imidazole rings is 1. The van der Waals surface area contributed by atoms with Crippen molar-refractivity contribution in [1.29, 1.82) is 0 Å². The van der Waals surface area contributed by atoms with Crippen LogP contribution in [-0.4, -0.2) is 58.1 Å². The fourth-order valence-corrected chi connectivity index (χ4v) is 7.96. The molecule has 2 atom stereocenters. The van der Waals surface area contributed by atoms with Crippen LogP contribution >= 0.6 is 11.3 Å². The Morgan fingerprint density at radius 3 is 2.44 bits per heavy atom. The second-order valence-corrected chi connectivity index (χ2v) is 13.2. The molecule has 7 rings (SSSR count). The van der Waals surface area contributed by atoms with Gasteiger partial charge in [0.25, 0.3) is 0 Å². The third-order valence-corrected chi connectivity index (χ3v) is 10.2. The van der Waals surface area contributed by atoms with E-state index >= 15 is 0 Å². The first-order chi connectivity index (χ1) is 21.6. The Morgan fingerprint density at radius 1 is 0.933 bits per heavy atom. The van der Waals surface area contributed by atoms with Gasteiger partial charge in [0.15, 0.2) is 5.78 Å². The van der Waals surface area contributed by atoms with Crippen LogP contribution in [0.2, 0.25) is 0 Å². The van der Waals surface area contributed by atoms with E-state index in [0.717, 1.165) is 63.4 Å². The number of hydrogen-bond acceptors (Lipinski definition) is 6. The van der Waals surface area contributed by atoms with Gasteiger partial charge < -0.3 is 19.5 Å². The van der Waals surface area contributed by atoms with Crippen LogP contribution in [-0.2, 0) is 0 Å². The van der Waals surface area contributed by atoms with Crippen molar-refractivity contribution in [3.63, 3.8) is 0 Å². The number of carbonyl (C=O) groups excluding carboxylic acids is 1. The second-order valence-electron chi connectivity index (χ2n) is 12.1. The molecule has 3 aromatic carbocycles. The average Bonchev–Trinajstić information content (AvgIpc) is 3.84. The topological polar surface area (TPSA) is 88.1 Å². The van der Waals surface area contributed by atoms with Crippen LogP contribution in [0.4, 0.5) is 0 Å². The van der Waals surface area contributed by atoms with Crippen LogP contribution in [0, 0.1) is 6.92 Å². The number of ketones is 1. The molecule has 2 aromatic heterocycles. The number of ether oxygens (including phenoxy) is 2. The summed E-state index contributed by atoms with van der Waals surface area (Å²) in [4.78, 5) is 21.9. The van der Waals surface area contributed by atoms with Crippen molar-refractivity contribution in [1.82, 2.24) is 14.5 Å². The molecule has 0 bridgehead atoms. The minimum absolute atomic E-state index is 0. The van der Waals surface area contributed by atoms with E-state index in [9.17, 15) is 4.79 Å². The Bertz CT molecular complexity index is 1710. The predicted octanol–water partition coefficient (Wildman–Crippen LogP) is 7.52. The Balaban J connectivity index is 0.00000357. The van der Waals surface area contributed by atoms with Crippen molar-refractivity contribution >= 4 is 27.2 Å². The quantitative estimate of drug-likeness (QED) is 0.150. The van der Waals surface area contributed by atoms with Gasteiger partial charge in [-0.3, -0.25) is 9.69 Å². The molecule has 234 valence electrons. The number of fused-ring (bicyclic) bond motifs is 1. The van der Waals surface area contributed by atoms with Gasteiger partial charge in [-0.05, 0) is 118 Å². The number of aromatic nitrogens is 2. The third-order valence-electron chi connectivity index (χ3n) is 9.04. The largest absolute Gasteiger partial charge is 0.492 e. The van der Waals surface area contributed by atoms with Crippen molar-refractivity contribution in [2.24, 2.45) is 0 Å². The summed E-state index contributed by atoms with van der Waals surface area (Å²) in [7, 11) is 0. The van der Waals surface area contributed by atoms with Gasteiger partial charge in [0, 0.05) is 45.0 Å². The summed E-state index contributed by atoms with van der Waals surface area (Å²) in [6.07, 6.45) is 12.8. The molecular formula is C37H41N3O4S. The van der Waals surface area contributed by atoms with Crippen molar-refractivity contribution in [2.75, 3.05) is 26.2 Å². The van der Waals surface area contributed by atoms with E-state index in [1.807, 2.05) is 55.1 Å². The molecule has 1 aliphatic carbocycles. The number of hydrogen-bond donors (Lipinski definition) is 0. The highest BCUT2D eigenvalue weighted by Crippen LogP contribution is 2.41. The number of thiophene rings is 1. The van der Waals surface area contributed by atoms with E-state index in [-0.39, 0.29) is 23.4 Å². The SMILES string of the molecule is Cc1ccc2c(C(=O)c3ccc(OC4CCCCC4n4ccnc4)cc3)c(-c3ccc(OCCN4CCCC4)cc3)sc2c1.O. The third kappa shape index (κ3) is 6.83. The maximum absolute atomic E-state index is 14.2. The lowest BCUT2D eigenvalue weighted by molar-refractivity contribution is 0.0976. The monoisotopic (exact) mass is 623 g/mol. The fourth-order valence-electron chi connectivity index (χ4n) is 6.66. The van der Waals surface area contributed by atoms with Gasteiger partial charge in [-0.25, -0.2) is 4.98 Å². The van der Waals surface area contributed by atoms with Crippen molar-refractivity contribution < 1.29 is 19.7 Å². The lowest BCUT2D eigenvalue weighted by Crippen LogP contribution is -2.32. The van der Waals surface area contributed by atoms with Crippen LogP contribution in [0.3, 0.4) is 0 Å². The van der Waals surface area contributed by atoms with Crippen molar-refractivity contribution in [3.05, 3.63) is 102 Å². The number of benzene rings is 3. The van der Waals surface area contributed by atoms with Crippen molar-refractivity contribution in [3.8, 4) is 21.9 Å². The maximum atomic E-state index is 14.2.